The molecule has 1 aromatic carbocycles. The van der Waals surface area contributed by atoms with E-state index >= 15 is 0 Å². The summed E-state index contributed by atoms with van der Waals surface area (Å²) in [6.45, 7) is 4.10. The van der Waals surface area contributed by atoms with Gasteiger partial charge in [-0.3, -0.25) is 4.79 Å². The molecule has 2 rings (SSSR count). The summed E-state index contributed by atoms with van der Waals surface area (Å²) in [7, 11) is 1.94. The molecule has 0 saturated carbocycles. The lowest BCUT2D eigenvalue weighted by atomic mass is 10.0. The van der Waals surface area contributed by atoms with Crippen LogP contribution in [0.4, 0.5) is 0 Å². The third-order valence-corrected chi connectivity index (χ3v) is 3.69. The van der Waals surface area contributed by atoms with E-state index in [1.54, 1.807) is 0 Å². The number of carbonyl (C=O) groups excluding carboxylic acids is 1. The molecular formula is C15H22N2O. The maximum Gasteiger partial charge on any atom is 0.226 e. The summed E-state index contributed by atoms with van der Waals surface area (Å²) in [5.74, 6) is 0.229. The van der Waals surface area contributed by atoms with Gasteiger partial charge >= 0.3 is 0 Å². The van der Waals surface area contributed by atoms with Gasteiger partial charge in [-0.1, -0.05) is 29.8 Å². The molecule has 18 heavy (non-hydrogen) atoms. The average Bonchev–Trinajstić information content (AvgIpc) is 2.39. The minimum Gasteiger partial charge on any atom is -0.342 e. The largest absolute Gasteiger partial charge is 0.342 e. The van der Waals surface area contributed by atoms with E-state index in [4.69, 9.17) is 0 Å². The normalized spacial score (nSPS) is 16.6. The second kappa shape index (κ2) is 6.01. The number of likely N-dealkylation sites (N-methyl/N-ethyl adjacent to an activating group) is 1. The van der Waals surface area contributed by atoms with Gasteiger partial charge in [0.05, 0.1) is 6.42 Å². The molecule has 0 aromatic heterocycles. The zero-order valence-corrected chi connectivity index (χ0v) is 11.3. The van der Waals surface area contributed by atoms with Gasteiger partial charge in [0, 0.05) is 13.1 Å². The highest BCUT2D eigenvalue weighted by Gasteiger charge is 2.21. The lowest BCUT2D eigenvalue weighted by Gasteiger charge is -2.31. The van der Waals surface area contributed by atoms with Gasteiger partial charge in [0.1, 0.15) is 0 Å². The van der Waals surface area contributed by atoms with E-state index in [2.05, 4.69) is 24.4 Å². The molecule has 1 aliphatic heterocycles. The standard InChI is InChI=1S/C15H22N2O/c1-12-4-3-5-13(10-12)11-15(18)17(2)14-6-8-16-9-7-14/h3-5,10,14,16H,6-9,11H2,1-2H3. The smallest absolute Gasteiger partial charge is 0.226 e. The maximum absolute atomic E-state index is 12.2. The number of hydrogen-bond acceptors (Lipinski definition) is 2. The monoisotopic (exact) mass is 246 g/mol. The number of hydrogen-bond donors (Lipinski definition) is 1. The summed E-state index contributed by atoms with van der Waals surface area (Å²) < 4.78 is 0. The van der Waals surface area contributed by atoms with E-state index < -0.39 is 0 Å². The van der Waals surface area contributed by atoms with Gasteiger partial charge in [-0.05, 0) is 38.4 Å². The number of carbonyl (C=O) groups is 1. The Morgan fingerprint density at radius 2 is 2.11 bits per heavy atom. The van der Waals surface area contributed by atoms with Gasteiger partial charge in [0.15, 0.2) is 0 Å². The van der Waals surface area contributed by atoms with E-state index in [1.807, 2.05) is 24.1 Å². The first-order valence-electron chi connectivity index (χ1n) is 6.69. The average molecular weight is 246 g/mol. The predicted molar refractivity (Wildman–Crippen MR) is 73.5 cm³/mol. The highest BCUT2D eigenvalue weighted by molar-refractivity contribution is 5.78. The van der Waals surface area contributed by atoms with Crippen molar-refractivity contribution in [2.45, 2.75) is 32.2 Å². The summed E-state index contributed by atoms with van der Waals surface area (Å²) in [4.78, 5) is 14.2. The van der Waals surface area contributed by atoms with Crippen molar-refractivity contribution in [3.05, 3.63) is 35.4 Å². The van der Waals surface area contributed by atoms with Crippen LogP contribution >= 0.6 is 0 Å². The SMILES string of the molecule is Cc1cccc(CC(=O)N(C)C2CCNCC2)c1. The molecule has 98 valence electrons. The Morgan fingerprint density at radius 1 is 1.39 bits per heavy atom. The van der Waals surface area contributed by atoms with Crippen molar-refractivity contribution in [1.82, 2.24) is 10.2 Å². The molecule has 1 amide bonds. The van der Waals surface area contributed by atoms with E-state index in [0.29, 0.717) is 12.5 Å². The predicted octanol–water partition coefficient (Wildman–Crippen LogP) is 1.75. The van der Waals surface area contributed by atoms with E-state index in [-0.39, 0.29) is 5.91 Å². The lowest BCUT2D eigenvalue weighted by molar-refractivity contribution is -0.131. The van der Waals surface area contributed by atoms with E-state index in [9.17, 15) is 4.79 Å². The maximum atomic E-state index is 12.2. The summed E-state index contributed by atoms with van der Waals surface area (Å²) in [5.41, 5.74) is 2.32. The molecule has 3 heteroatoms. The van der Waals surface area contributed by atoms with E-state index in [0.717, 1.165) is 31.5 Å². The van der Waals surface area contributed by atoms with Crippen LogP contribution in [0.2, 0.25) is 0 Å². The molecule has 0 radical (unpaired) electrons. The molecule has 1 heterocycles. The fourth-order valence-electron chi connectivity index (χ4n) is 2.52. The second-order valence-corrected chi connectivity index (χ2v) is 5.15. The van der Waals surface area contributed by atoms with Crippen LogP contribution in [-0.4, -0.2) is 37.0 Å². The molecule has 0 unspecified atom stereocenters. The molecule has 1 fully saturated rings. The zero-order valence-electron chi connectivity index (χ0n) is 11.3. The van der Waals surface area contributed by atoms with Gasteiger partial charge in [-0.2, -0.15) is 0 Å². The van der Waals surface area contributed by atoms with Crippen molar-refractivity contribution in [1.29, 1.82) is 0 Å². The lowest BCUT2D eigenvalue weighted by Crippen LogP contribution is -2.44. The Balaban J connectivity index is 1.94. The molecule has 0 atom stereocenters. The van der Waals surface area contributed by atoms with Crippen LogP contribution in [0.5, 0.6) is 0 Å². The molecule has 0 spiro atoms. The van der Waals surface area contributed by atoms with E-state index in [1.165, 1.54) is 5.56 Å². The summed E-state index contributed by atoms with van der Waals surface area (Å²) in [6.07, 6.45) is 2.65. The van der Waals surface area contributed by atoms with Crippen LogP contribution in [0.25, 0.3) is 0 Å². The zero-order chi connectivity index (χ0) is 13.0. The van der Waals surface area contributed by atoms with Crippen LogP contribution in [0.3, 0.4) is 0 Å². The topological polar surface area (TPSA) is 32.3 Å². The Labute approximate surface area is 109 Å². The summed E-state index contributed by atoms with van der Waals surface area (Å²) in [5, 5.41) is 3.33. The second-order valence-electron chi connectivity index (χ2n) is 5.15. The molecule has 1 aliphatic rings. The molecule has 0 aliphatic carbocycles. The van der Waals surface area contributed by atoms with Crippen molar-refractivity contribution in [3.63, 3.8) is 0 Å². The van der Waals surface area contributed by atoms with Crippen LogP contribution in [0.1, 0.15) is 24.0 Å². The molecule has 1 saturated heterocycles. The Hall–Kier alpha value is -1.35. The van der Waals surface area contributed by atoms with Gasteiger partial charge in [-0.25, -0.2) is 0 Å². The summed E-state index contributed by atoms with van der Waals surface area (Å²) in [6, 6.07) is 8.60. The van der Waals surface area contributed by atoms with Crippen LogP contribution in [0.15, 0.2) is 24.3 Å². The Morgan fingerprint density at radius 3 is 2.78 bits per heavy atom. The van der Waals surface area contributed by atoms with Gasteiger partial charge < -0.3 is 10.2 Å². The highest BCUT2D eigenvalue weighted by atomic mass is 16.2. The number of piperidine rings is 1. The first-order chi connectivity index (χ1) is 8.66. The number of rotatable bonds is 3. The van der Waals surface area contributed by atoms with Gasteiger partial charge in [0.25, 0.3) is 0 Å². The van der Waals surface area contributed by atoms with Gasteiger partial charge in [0.2, 0.25) is 5.91 Å². The minimum absolute atomic E-state index is 0.229. The fourth-order valence-corrected chi connectivity index (χ4v) is 2.52. The minimum atomic E-state index is 0.229. The Bertz CT molecular complexity index is 411. The number of aryl methyl sites for hydroxylation is 1. The highest BCUT2D eigenvalue weighted by Crippen LogP contribution is 2.12. The number of amides is 1. The van der Waals surface area contributed by atoms with Crippen molar-refractivity contribution in [3.8, 4) is 0 Å². The molecule has 1 N–H and O–H groups in total. The molecular weight excluding hydrogens is 224 g/mol. The quantitative estimate of drug-likeness (QED) is 0.881. The van der Waals surface area contributed by atoms with Gasteiger partial charge in [-0.15, -0.1) is 0 Å². The first kappa shape index (κ1) is 13.1. The summed E-state index contributed by atoms with van der Waals surface area (Å²) >= 11 is 0. The van der Waals surface area contributed by atoms with Crippen molar-refractivity contribution >= 4 is 5.91 Å². The number of nitrogens with one attached hydrogen (secondary N) is 1. The molecule has 0 bridgehead atoms. The molecule has 3 nitrogen and oxygen atoms in total. The third kappa shape index (κ3) is 3.33. The molecule has 1 aromatic rings. The Kier molecular flexibility index (Phi) is 4.37. The van der Waals surface area contributed by atoms with Crippen LogP contribution < -0.4 is 5.32 Å². The number of benzene rings is 1. The van der Waals surface area contributed by atoms with Crippen molar-refractivity contribution in [2.75, 3.05) is 20.1 Å². The van der Waals surface area contributed by atoms with Crippen LogP contribution in [0, 0.1) is 6.92 Å². The van der Waals surface area contributed by atoms with Crippen molar-refractivity contribution in [2.24, 2.45) is 0 Å². The first-order valence-corrected chi connectivity index (χ1v) is 6.69. The number of nitrogens with zero attached hydrogens (tertiary/aromatic N) is 1. The fraction of sp³-hybridized carbons (Fsp3) is 0.533. The van der Waals surface area contributed by atoms with Crippen LogP contribution in [-0.2, 0) is 11.2 Å². The third-order valence-electron chi connectivity index (χ3n) is 3.69. The van der Waals surface area contributed by atoms with Crippen molar-refractivity contribution < 1.29 is 4.79 Å².